The summed E-state index contributed by atoms with van der Waals surface area (Å²) in [7, 11) is 0. The molecule has 6 nitrogen and oxygen atoms in total. The fourth-order valence-corrected chi connectivity index (χ4v) is 5.18. The summed E-state index contributed by atoms with van der Waals surface area (Å²) in [5.74, 6) is 0.684. The summed E-state index contributed by atoms with van der Waals surface area (Å²) in [5, 5.41) is 3.93. The number of aliphatic imine (C=N–C) groups is 1. The molecule has 0 saturated carbocycles. The Bertz CT molecular complexity index is 1060. The van der Waals surface area contributed by atoms with Crippen LogP contribution in [0.5, 0.6) is 0 Å². The molecule has 0 radical (unpaired) electrons. The van der Waals surface area contributed by atoms with E-state index in [4.69, 9.17) is 9.73 Å². The Labute approximate surface area is 199 Å². The average Bonchev–Trinajstić information content (AvgIpc) is 2.83. The Hall–Kier alpha value is -3.06. The summed E-state index contributed by atoms with van der Waals surface area (Å²) in [4.78, 5) is 32.1. The van der Waals surface area contributed by atoms with E-state index in [1.807, 2.05) is 68.4 Å². The van der Waals surface area contributed by atoms with Crippen molar-refractivity contribution in [3.63, 3.8) is 0 Å². The van der Waals surface area contributed by atoms with Gasteiger partial charge in [-0.05, 0) is 49.9 Å². The highest BCUT2D eigenvalue weighted by Gasteiger charge is 2.37. The van der Waals surface area contributed by atoms with Crippen LogP contribution in [0.2, 0.25) is 0 Å². The van der Waals surface area contributed by atoms with E-state index < -0.39 is 0 Å². The van der Waals surface area contributed by atoms with Crippen LogP contribution in [-0.2, 0) is 20.7 Å². The number of esters is 1. The van der Waals surface area contributed by atoms with Crippen LogP contribution < -0.4 is 5.32 Å². The molecule has 1 amide bonds. The monoisotopic (exact) mass is 463 g/mol. The van der Waals surface area contributed by atoms with Gasteiger partial charge in [0.05, 0.1) is 23.9 Å². The van der Waals surface area contributed by atoms with Gasteiger partial charge >= 0.3 is 5.97 Å². The maximum Gasteiger partial charge on any atom is 0.338 e. The predicted molar refractivity (Wildman–Crippen MR) is 133 cm³/mol. The molecule has 1 atom stereocenters. The zero-order valence-corrected chi connectivity index (χ0v) is 19.9. The zero-order valence-electron chi connectivity index (χ0n) is 19.0. The topological polar surface area (TPSA) is 71.0 Å². The molecule has 7 heteroatoms. The maximum atomic E-state index is 12.8. The van der Waals surface area contributed by atoms with Gasteiger partial charge in [-0.15, -0.1) is 0 Å². The quantitative estimate of drug-likeness (QED) is 0.589. The third-order valence-electron chi connectivity index (χ3n) is 5.75. The highest BCUT2D eigenvalue weighted by atomic mass is 32.2. The lowest BCUT2D eigenvalue weighted by molar-refractivity contribution is -0.139. The number of amides is 1. The van der Waals surface area contributed by atoms with E-state index >= 15 is 0 Å². The first kappa shape index (κ1) is 23.1. The number of benzene rings is 2. The van der Waals surface area contributed by atoms with Crippen molar-refractivity contribution in [1.29, 1.82) is 0 Å². The van der Waals surface area contributed by atoms with E-state index in [-0.39, 0.29) is 17.9 Å². The molecule has 1 unspecified atom stereocenters. The lowest BCUT2D eigenvalue weighted by Gasteiger charge is -2.40. The van der Waals surface area contributed by atoms with Gasteiger partial charge in [0.15, 0.2) is 5.17 Å². The van der Waals surface area contributed by atoms with Crippen LogP contribution in [0.3, 0.4) is 0 Å². The van der Waals surface area contributed by atoms with Gasteiger partial charge in [-0.1, -0.05) is 54.2 Å². The van der Waals surface area contributed by atoms with Crippen molar-refractivity contribution in [2.75, 3.05) is 24.2 Å². The minimum atomic E-state index is -0.323. The molecule has 1 fully saturated rings. The van der Waals surface area contributed by atoms with Gasteiger partial charge in [-0.25, -0.2) is 9.79 Å². The molecule has 1 N–H and O–H groups in total. The number of thioether (sulfide) groups is 1. The molecule has 2 aromatic carbocycles. The Kier molecular flexibility index (Phi) is 7.50. The number of carbonyl (C=O) groups is 2. The van der Waals surface area contributed by atoms with Crippen LogP contribution in [0.1, 0.15) is 43.9 Å². The van der Waals surface area contributed by atoms with E-state index in [1.54, 1.807) is 11.8 Å². The molecule has 2 aliphatic heterocycles. The number of ether oxygens (including phenoxy) is 1. The Morgan fingerprint density at radius 2 is 1.91 bits per heavy atom. The summed E-state index contributed by atoms with van der Waals surface area (Å²) in [5.41, 5.74) is 4.16. The van der Waals surface area contributed by atoms with Crippen LogP contribution in [0.25, 0.3) is 0 Å². The first-order valence-electron chi connectivity index (χ1n) is 11.4. The number of anilines is 1. The fraction of sp³-hybridized carbons (Fsp3) is 0.346. The smallest absolute Gasteiger partial charge is 0.338 e. The van der Waals surface area contributed by atoms with Crippen LogP contribution in [-0.4, -0.2) is 40.8 Å². The molecule has 0 bridgehead atoms. The molecule has 4 rings (SSSR count). The number of nitrogens with one attached hydrogen (secondary N) is 1. The van der Waals surface area contributed by atoms with E-state index in [2.05, 4.69) is 10.2 Å². The fourth-order valence-electron chi connectivity index (χ4n) is 4.16. The molecule has 2 heterocycles. The van der Waals surface area contributed by atoms with Crippen LogP contribution in [0, 0.1) is 0 Å². The molecule has 0 aromatic heterocycles. The summed E-state index contributed by atoms with van der Waals surface area (Å²) >= 11 is 1.72. The lowest BCUT2D eigenvalue weighted by Crippen LogP contribution is -2.42. The summed E-state index contributed by atoms with van der Waals surface area (Å²) in [6.45, 7) is 4.85. The van der Waals surface area contributed by atoms with Crippen molar-refractivity contribution in [2.45, 2.75) is 39.2 Å². The molecule has 1 saturated heterocycles. The van der Waals surface area contributed by atoms with Crippen molar-refractivity contribution in [3.05, 3.63) is 77.0 Å². The lowest BCUT2D eigenvalue weighted by atomic mass is 9.94. The zero-order chi connectivity index (χ0) is 23.2. The Balaban J connectivity index is 1.50. The molecular formula is C26H29N3O3S. The molecule has 172 valence electrons. The molecule has 0 spiro atoms. The third-order valence-corrected chi connectivity index (χ3v) is 6.82. The van der Waals surface area contributed by atoms with E-state index in [9.17, 15) is 9.59 Å². The number of hydrogen-bond acceptors (Lipinski definition) is 6. The second-order valence-corrected chi connectivity index (χ2v) is 9.13. The number of carbonyl (C=O) groups excluding carboxylic acids is 2. The highest BCUT2D eigenvalue weighted by Crippen LogP contribution is 2.40. The molecule has 33 heavy (non-hydrogen) atoms. The number of amidine groups is 1. The molecule has 0 aliphatic carbocycles. The van der Waals surface area contributed by atoms with E-state index in [1.165, 1.54) is 0 Å². The van der Waals surface area contributed by atoms with Crippen molar-refractivity contribution >= 4 is 34.5 Å². The van der Waals surface area contributed by atoms with E-state index in [0.29, 0.717) is 30.7 Å². The number of rotatable bonds is 7. The molecule has 2 aliphatic rings. The first-order valence-corrected chi connectivity index (χ1v) is 12.3. The van der Waals surface area contributed by atoms with Gasteiger partial charge in [0, 0.05) is 24.4 Å². The van der Waals surface area contributed by atoms with Gasteiger partial charge in [0.2, 0.25) is 5.91 Å². The maximum absolute atomic E-state index is 12.8. The van der Waals surface area contributed by atoms with Crippen LogP contribution in [0.4, 0.5) is 5.69 Å². The number of allylic oxidation sites excluding steroid dienone is 1. The normalized spacial score (nSPS) is 17.8. The number of nitrogens with zero attached hydrogens (tertiary/aromatic N) is 2. The van der Waals surface area contributed by atoms with Crippen molar-refractivity contribution in [3.8, 4) is 0 Å². The van der Waals surface area contributed by atoms with Crippen molar-refractivity contribution < 1.29 is 14.3 Å². The van der Waals surface area contributed by atoms with Gasteiger partial charge in [-0.2, -0.15) is 0 Å². The van der Waals surface area contributed by atoms with Crippen molar-refractivity contribution in [2.24, 2.45) is 4.99 Å². The van der Waals surface area contributed by atoms with Gasteiger partial charge < -0.3 is 15.0 Å². The molecule has 2 aromatic rings. The summed E-state index contributed by atoms with van der Waals surface area (Å²) < 4.78 is 5.37. The number of fused-ring (bicyclic) bond motifs is 1. The predicted octanol–water partition coefficient (Wildman–Crippen LogP) is 4.94. The highest BCUT2D eigenvalue weighted by molar-refractivity contribution is 8.13. The van der Waals surface area contributed by atoms with Gasteiger partial charge in [-0.3, -0.25) is 4.79 Å². The largest absolute Gasteiger partial charge is 0.463 e. The number of aryl methyl sites for hydroxylation is 1. The first-order chi connectivity index (χ1) is 16.1. The van der Waals surface area contributed by atoms with E-state index in [0.717, 1.165) is 40.7 Å². The Morgan fingerprint density at radius 1 is 1.15 bits per heavy atom. The minimum absolute atomic E-state index is 0.0194. The molecular weight excluding hydrogens is 434 g/mol. The standard InChI is InChI=1S/C26H29N3O3S/c1-3-32-25(31)23-18(2)27-26-29(16-7-17-33-26)24(23)20-11-13-21(14-12-20)28-22(30)15-10-19-8-5-4-6-9-19/h4-6,8-9,11-14,24H,3,7,10,15-17H2,1-2H3,(H,28,30). The summed E-state index contributed by atoms with van der Waals surface area (Å²) in [6, 6.07) is 17.5. The number of hydrogen-bond donors (Lipinski definition) is 1. The average molecular weight is 464 g/mol. The Morgan fingerprint density at radius 3 is 2.64 bits per heavy atom. The second-order valence-electron chi connectivity index (χ2n) is 8.07. The van der Waals surface area contributed by atoms with Crippen LogP contribution >= 0.6 is 11.8 Å². The van der Waals surface area contributed by atoms with Gasteiger partial charge in [0.25, 0.3) is 0 Å². The van der Waals surface area contributed by atoms with Gasteiger partial charge in [0.1, 0.15) is 0 Å². The summed E-state index contributed by atoms with van der Waals surface area (Å²) in [6.07, 6.45) is 2.16. The third kappa shape index (κ3) is 5.47. The van der Waals surface area contributed by atoms with Crippen molar-refractivity contribution in [1.82, 2.24) is 4.90 Å². The SMILES string of the molecule is CCOC(=O)C1=C(C)N=C2SCCCN2C1c1ccc(NC(=O)CCc2ccccc2)cc1. The minimum Gasteiger partial charge on any atom is -0.463 e. The van der Waals surface area contributed by atoms with Crippen LogP contribution in [0.15, 0.2) is 70.9 Å². The second kappa shape index (κ2) is 10.7.